The van der Waals surface area contributed by atoms with E-state index in [1.807, 2.05) is 22.6 Å². The van der Waals surface area contributed by atoms with Gasteiger partial charge in [0.05, 0.1) is 0 Å². The van der Waals surface area contributed by atoms with Gasteiger partial charge in [-0.1, -0.05) is 7.43 Å². The number of nitrogens with one attached hydrogen (secondary N) is 1. The summed E-state index contributed by atoms with van der Waals surface area (Å²) in [5.41, 5.74) is -0.229. The highest BCUT2D eigenvalue weighted by molar-refractivity contribution is 14.1. The van der Waals surface area contributed by atoms with Gasteiger partial charge in [0.25, 0.3) is 5.91 Å². The summed E-state index contributed by atoms with van der Waals surface area (Å²) in [6, 6.07) is 4.61. The van der Waals surface area contributed by atoms with Crippen LogP contribution in [0, 0.1) is 16.3 Å². The Kier molecular flexibility index (Phi) is 5.59. The third-order valence-electron chi connectivity index (χ3n) is 2.70. The molecule has 1 aromatic carbocycles. The molecule has 21 heavy (non-hydrogen) atoms. The first kappa shape index (κ1) is 17.3. The van der Waals surface area contributed by atoms with Gasteiger partial charge in [0, 0.05) is 22.4 Å². The average molecular weight is 403 g/mol. The second kappa shape index (κ2) is 6.79. The quantitative estimate of drug-likeness (QED) is 0.783. The highest BCUT2D eigenvalue weighted by Crippen LogP contribution is 2.15. The van der Waals surface area contributed by atoms with Gasteiger partial charge in [0.2, 0.25) is 5.43 Å². The minimum Gasteiger partial charge on any atom is -0.354 e. The van der Waals surface area contributed by atoms with Crippen molar-refractivity contribution >= 4 is 28.5 Å². The molecule has 1 N–H and O–H groups in total. The van der Waals surface area contributed by atoms with E-state index >= 15 is 0 Å². The van der Waals surface area contributed by atoms with Crippen molar-refractivity contribution in [1.82, 2.24) is 15.1 Å². The molecule has 2 rings (SSSR count). The fourth-order valence-corrected chi connectivity index (χ4v) is 2.12. The van der Waals surface area contributed by atoms with Gasteiger partial charge in [-0.3, -0.25) is 9.59 Å². The normalized spacial score (nSPS) is 9.90. The Morgan fingerprint density at radius 1 is 1.43 bits per heavy atom. The first-order valence-corrected chi connectivity index (χ1v) is 6.80. The molecular weight excluding hydrogens is 388 g/mol. The van der Waals surface area contributed by atoms with Gasteiger partial charge < -0.3 is 5.32 Å². The van der Waals surface area contributed by atoms with Crippen LogP contribution in [-0.2, 0) is 0 Å². The van der Waals surface area contributed by atoms with E-state index in [-0.39, 0.29) is 18.8 Å². The first-order chi connectivity index (χ1) is 9.43. The van der Waals surface area contributed by atoms with Crippen LogP contribution in [0.25, 0.3) is 5.69 Å². The van der Waals surface area contributed by atoms with Crippen molar-refractivity contribution in [3.05, 3.63) is 55.3 Å². The van der Waals surface area contributed by atoms with Gasteiger partial charge in [-0.25, -0.2) is 9.07 Å². The molecule has 0 atom stereocenters. The second-order valence-electron chi connectivity index (χ2n) is 4.11. The van der Waals surface area contributed by atoms with Gasteiger partial charge in [-0.15, -0.1) is 0 Å². The Bertz CT molecular complexity index is 743. The van der Waals surface area contributed by atoms with Crippen molar-refractivity contribution in [2.24, 2.45) is 0 Å². The molecule has 0 bridgehead atoms. The maximum atomic E-state index is 13.9. The van der Waals surface area contributed by atoms with Crippen molar-refractivity contribution in [2.45, 2.75) is 14.4 Å². The number of halogens is 2. The van der Waals surface area contributed by atoms with Crippen LogP contribution in [0.2, 0.25) is 0 Å². The molecule has 0 fully saturated rings. The van der Waals surface area contributed by atoms with Crippen LogP contribution in [0.4, 0.5) is 4.39 Å². The summed E-state index contributed by atoms with van der Waals surface area (Å²) >= 11 is 1.99. The van der Waals surface area contributed by atoms with Crippen LogP contribution in [0.3, 0.4) is 0 Å². The Labute approximate surface area is 135 Å². The zero-order valence-electron chi connectivity index (χ0n) is 10.8. The number of rotatable bonds is 2. The SMILES string of the molecule is C.CNC(=O)c1nn(-c2ccc(I)cc2F)cc(C)c1=O. The van der Waals surface area contributed by atoms with Crippen LogP contribution in [0.1, 0.15) is 23.5 Å². The second-order valence-corrected chi connectivity index (χ2v) is 5.35. The first-order valence-electron chi connectivity index (χ1n) is 5.72. The van der Waals surface area contributed by atoms with E-state index in [0.717, 1.165) is 3.57 Å². The van der Waals surface area contributed by atoms with E-state index in [9.17, 15) is 14.0 Å². The number of aromatic nitrogens is 2. The number of carbonyl (C=O) groups is 1. The molecule has 5 nitrogen and oxygen atoms in total. The predicted molar refractivity (Wildman–Crippen MR) is 87.4 cm³/mol. The molecule has 0 aliphatic rings. The highest BCUT2D eigenvalue weighted by Gasteiger charge is 2.15. The number of hydrogen-bond acceptors (Lipinski definition) is 3. The van der Waals surface area contributed by atoms with Gasteiger partial charge >= 0.3 is 0 Å². The number of nitrogens with zero attached hydrogens (tertiary/aromatic N) is 2. The molecule has 112 valence electrons. The molecular formula is C14H15FIN3O2. The molecule has 0 aliphatic carbocycles. The lowest BCUT2D eigenvalue weighted by molar-refractivity contribution is 0.0955. The summed E-state index contributed by atoms with van der Waals surface area (Å²) in [5, 5.41) is 6.26. The van der Waals surface area contributed by atoms with Crippen molar-refractivity contribution in [1.29, 1.82) is 0 Å². The van der Waals surface area contributed by atoms with Crippen LogP contribution in [-0.4, -0.2) is 22.7 Å². The van der Waals surface area contributed by atoms with E-state index in [4.69, 9.17) is 0 Å². The highest BCUT2D eigenvalue weighted by atomic mass is 127. The van der Waals surface area contributed by atoms with E-state index in [1.54, 1.807) is 19.1 Å². The van der Waals surface area contributed by atoms with Crippen LogP contribution < -0.4 is 10.7 Å². The molecule has 0 aliphatic heterocycles. The molecule has 0 saturated carbocycles. The zero-order valence-corrected chi connectivity index (χ0v) is 12.9. The molecule has 0 saturated heterocycles. The minimum absolute atomic E-state index is 0. The van der Waals surface area contributed by atoms with Gasteiger partial charge in [0.1, 0.15) is 11.5 Å². The summed E-state index contributed by atoms with van der Waals surface area (Å²) < 4.78 is 15.9. The molecule has 7 heteroatoms. The Morgan fingerprint density at radius 2 is 2.10 bits per heavy atom. The van der Waals surface area contributed by atoms with Crippen LogP contribution in [0.5, 0.6) is 0 Å². The van der Waals surface area contributed by atoms with Crippen molar-refractivity contribution in [3.8, 4) is 5.69 Å². The number of hydrogen-bond donors (Lipinski definition) is 1. The van der Waals surface area contributed by atoms with Crippen LogP contribution in [0.15, 0.2) is 29.2 Å². The lowest BCUT2D eigenvalue weighted by Crippen LogP contribution is -2.30. The summed E-state index contributed by atoms with van der Waals surface area (Å²) in [5.74, 6) is -1.08. The average Bonchev–Trinajstić information content (AvgIpc) is 2.41. The lowest BCUT2D eigenvalue weighted by atomic mass is 10.2. The number of benzene rings is 1. The van der Waals surface area contributed by atoms with Gasteiger partial charge in [0.15, 0.2) is 5.69 Å². The van der Waals surface area contributed by atoms with Crippen molar-refractivity contribution < 1.29 is 9.18 Å². The number of aryl methyl sites for hydroxylation is 1. The molecule has 1 amide bonds. The molecule has 0 spiro atoms. The van der Waals surface area contributed by atoms with Crippen molar-refractivity contribution in [3.63, 3.8) is 0 Å². The maximum absolute atomic E-state index is 13.9. The Morgan fingerprint density at radius 3 is 2.67 bits per heavy atom. The fourth-order valence-electron chi connectivity index (χ4n) is 1.67. The lowest BCUT2D eigenvalue weighted by Gasteiger charge is -2.09. The summed E-state index contributed by atoms with van der Waals surface area (Å²) in [7, 11) is 1.40. The minimum atomic E-state index is -0.599. The predicted octanol–water partition coefficient (Wildman–Crippen LogP) is 2.28. The fraction of sp³-hybridized carbons (Fsp3) is 0.214. The van der Waals surface area contributed by atoms with E-state index in [1.165, 1.54) is 24.0 Å². The Hall–Kier alpha value is -1.77. The summed E-state index contributed by atoms with van der Waals surface area (Å²) in [6.07, 6.45) is 1.40. The third kappa shape index (κ3) is 3.46. The monoisotopic (exact) mass is 403 g/mol. The van der Waals surface area contributed by atoms with Crippen LogP contribution >= 0.6 is 22.6 Å². The third-order valence-corrected chi connectivity index (χ3v) is 3.37. The summed E-state index contributed by atoms with van der Waals surface area (Å²) in [4.78, 5) is 23.5. The molecule has 2 aromatic rings. The maximum Gasteiger partial charge on any atom is 0.275 e. The van der Waals surface area contributed by atoms with Crippen molar-refractivity contribution in [2.75, 3.05) is 7.05 Å². The van der Waals surface area contributed by atoms with E-state index in [2.05, 4.69) is 10.4 Å². The summed E-state index contributed by atoms with van der Waals surface area (Å²) in [6.45, 7) is 1.55. The van der Waals surface area contributed by atoms with Gasteiger partial charge in [-0.05, 0) is 47.7 Å². The zero-order chi connectivity index (χ0) is 14.9. The molecule has 0 unspecified atom stereocenters. The van der Waals surface area contributed by atoms with Gasteiger partial charge in [-0.2, -0.15) is 5.10 Å². The molecule has 1 aromatic heterocycles. The standard InChI is InChI=1S/C13H11FIN3O2.CH4/c1-7-6-18(10-4-3-8(15)5-9(10)14)17-11(12(7)19)13(20)16-2;/h3-6H,1-2H3,(H,16,20);1H4. The topological polar surface area (TPSA) is 64.0 Å². The molecule has 0 radical (unpaired) electrons. The largest absolute Gasteiger partial charge is 0.354 e. The smallest absolute Gasteiger partial charge is 0.275 e. The van der Waals surface area contributed by atoms with E-state index in [0.29, 0.717) is 5.56 Å². The van der Waals surface area contributed by atoms with E-state index < -0.39 is 17.2 Å². The Balaban J connectivity index is 0.00000220. The molecule has 1 heterocycles. The number of amides is 1. The number of carbonyl (C=O) groups excluding carboxylic acids is 1.